The van der Waals surface area contributed by atoms with Gasteiger partial charge in [-0.2, -0.15) is 0 Å². The molecule has 2 aromatic rings. The Kier molecular flexibility index (Phi) is 5.02. The number of hydrogen-bond acceptors (Lipinski definition) is 3. The summed E-state index contributed by atoms with van der Waals surface area (Å²) in [6.45, 7) is 3.88. The van der Waals surface area contributed by atoms with Gasteiger partial charge in [0, 0.05) is 55.5 Å². The zero-order valence-electron chi connectivity index (χ0n) is 15.9. The zero-order valence-corrected chi connectivity index (χ0v) is 16.6. The van der Waals surface area contributed by atoms with Gasteiger partial charge in [-0.05, 0) is 30.3 Å². The first-order valence-corrected chi connectivity index (χ1v) is 9.91. The van der Waals surface area contributed by atoms with Gasteiger partial charge in [0.1, 0.15) is 11.4 Å². The van der Waals surface area contributed by atoms with Crippen LogP contribution in [-0.2, 0) is 11.3 Å². The SMILES string of the molecule is CC(=O)N1Cc2ccccc2OC2(CCN(C(=O)c3ccc(Cl)cc3)CC2)C1. The van der Waals surface area contributed by atoms with Crippen molar-refractivity contribution in [1.82, 2.24) is 9.80 Å². The number of nitrogens with zero attached hydrogens (tertiary/aromatic N) is 2. The van der Waals surface area contributed by atoms with E-state index in [2.05, 4.69) is 0 Å². The molecule has 5 nitrogen and oxygen atoms in total. The highest BCUT2D eigenvalue weighted by atomic mass is 35.5. The van der Waals surface area contributed by atoms with Crippen LogP contribution >= 0.6 is 11.6 Å². The van der Waals surface area contributed by atoms with Gasteiger partial charge >= 0.3 is 0 Å². The van der Waals surface area contributed by atoms with Crippen LogP contribution in [0.5, 0.6) is 5.75 Å². The third-order valence-electron chi connectivity index (χ3n) is 5.64. The molecule has 0 bridgehead atoms. The molecule has 0 N–H and O–H groups in total. The van der Waals surface area contributed by atoms with Gasteiger partial charge in [0.15, 0.2) is 0 Å². The number of fused-ring (bicyclic) bond motifs is 1. The number of halogens is 1. The fourth-order valence-corrected chi connectivity index (χ4v) is 4.11. The molecule has 0 aromatic heterocycles. The Bertz CT molecular complexity index is 889. The predicted octanol–water partition coefficient (Wildman–Crippen LogP) is 3.76. The van der Waals surface area contributed by atoms with Crippen molar-refractivity contribution < 1.29 is 14.3 Å². The number of likely N-dealkylation sites (tertiary alicyclic amines) is 1. The third-order valence-corrected chi connectivity index (χ3v) is 5.89. The van der Waals surface area contributed by atoms with Gasteiger partial charge in [-0.1, -0.05) is 29.8 Å². The molecule has 0 unspecified atom stereocenters. The summed E-state index contributed by atoms with van der Waals surface area (Å²) in [5.74, 6) is 0.882. The second kappa shape index (κ2) is 7.47. The van der Waals surface area contributed by atoms with Gasteiger partial charge in [0.2, 0.25) is 5.91 Å². The normalized spacial score (nSPS) is 18.2. The van der Waals surface area contributed by atoms with E-state index in [1.807, 2.05) is 34.1 Å². The molecule has 2 aliphatic rings. The highest BCUT2D eigenvalue weighted by molar-refractivity contribution is 6.30. The first-order chi connectivity index (χ1) is 13.5. The molecule has 28 heavy (non-hydrogen) atoms. The summed E-state index contributed by atoms with van der Waals surface area (Å²) in [7, 11) is 0. The van der Waals surface area contributed by atoms with Crippen molar-refractivity contribution in [2.24, 2.45) is 0 Å². The fourth-order valence-electron chi connectivity index (χ4n) is 3.98. The third kappa shape index (κ3) is 3.72. The van der Waals surface area contributed by atoms with Crippen LogP contribution in [0.15, 0.2) is 48.5 Å². The summed E-state index contributed by atoms with van der Waals surface area (Å²) >= 11 is 5.92. The molecule has 4 rings (SSSR count). The number of carbonyl (C=O) groups is 2. The second-order valence-electron chi connectivity index (χ2n) is 7.57. The van der Waals surface area contributed by atoms with Crippen molar-refractivity contribution in [3.05, 3.63) is 64.7 Å². The maximum atomic E-state index is 12.8. The smallest absolute Gasteiger partial charge is 0.253 e. The maximum Gasteiger partial charge on any atom is 0.253 e. The van der Waals surface area contributed by atoms with E-state index in [4.69, 9.17) is 16.3 Å². The number of carbonyl (C=O) groups excluding carboxylic acids is 2. The molecule has 2 amide bonds. The Morgan fingerprint density at radius 3 is 2.36 bits per heavy atom. The van der Waals surface area contributed by atoms with Gasteiger partial charge in [-0.15, -0.1) is 0 Å². The van der Waals surface area contributed by atoms with E-state index in [9.17, 15) is 9.59 Å². The molecule has 2 heterocycles. The monoisotopic (exact) mass is 398 g/mol. The lowest BCUT2D eigenvalue weighted by atomic mass is 9.90. The molecule has 2 aliphatic heterocycles. The van der Waals surface area contributed by atoms with Gasteiger partial charge in [-0.3, -0.25) is 9.59 Å². The fraction of sp³-hybridized carbons (Fsp3) is 0.364. The Hall–Kier alpha value is -2.53. The number of ether oxygens (including phenoxy) is 1. The van der Waals surface area contributed by atoms with Crippen molar-refractivity contribution in [3.8, 4) is 5.75 Å². The van der Waals surface area contributed by atoms with Crippen LogP contribution in [0.2, 0.25) is 5.02 Å². The molecular formula is C22H23ClN2O3. The van der Waals surface area contributed by atoms with Gasteiger partial charge in [-0.25, -0.2) is 0 Å². The standard InChI is InChI=1S/C22H23ClN2O3/c1-16(26)25-14-18-4-2-3-5-20(18)28-22(15-25)10-12-24(13-11-22)21(27)17-6-8-19(23)9-7-17/h2-9H,10-15H2,1H3. The van der Waals surface area contributed by atoms with Crippen LogP contribution < -0.4 is 4.74 Å². The van der Waals surface area contributed by atoms with Crippen LogP contribution in [0.25, 0.3) is 0 Å². The largest absolute Gasteiger partial charge is 0.485 e. The molecule has 0 aliphatic carbocycles. The number of amides is 2. The predicted molar refractivity (Wildman–Crippen MR) is 107 cm³/mol. The Balaban J connectivity index is 1.52. The minimum Gasteiger partial charge on any atom is -0.485 e. The summed E-state index contributed by atoms with van der Waals surface area (Å²) in [5, 5.41) is 0.615. The molecule has 6 heteroatoms. The summed E-state index contributed by atoms with van der Waals surface area (Å²) in [6.07, 6.45) is 1.37. The van der Waals surface area contributed by atoms with Crippen LogP contribution in [-0.4, -0.2) is 46.8 Å². The number of rotatable bonds is 1. The van der Waals surface area contributed by atoms with Crippen molar-refractivity contribution in [3.63, 3.8) is 0 Å². The zero-order chi connectivity index (χ0) is 19.7. The molecule has 2 aromatic carbocycles. The van der Waals surface area contributed by atoms with Gasteiger partial charge in [0.05, 0.1) is 6.54 Å². The molecule has 1 spiro atoms. The number of piperidine rings is 1. The summed E-state index contributed by atoms with van der Waals surface area (Å²) < 4.78 is 6.47. The molecule has 1 saturated heterocycles. The summed E-state index contributed by atoms with van der Waals surface area (Å²) in [5.41, 5.74) is 1.20. The van der Waals surface area contributed by atoms with Gasteiger partial charge in [0.25, 0.3) is 5.91 Å². The molecule has 0 saturated carbocycles. The van der Waals surface area contributed by atoms with E-state index in [0.29, 0.717) is 49.6 Å². The lowest BCUT2D eigenvalue weighted by Gasteiger charge is -2.42. The Labute approximate surface area is 169 Å². The summed E-state index contributed by atoms with van der Waals surface area (Å²) in [6, 6.07) is 14.9. The van der Waals surface area contributed by atoms with Gasteiger partial charge < -0.3 is 14.5 Å². The Morgan fingerprint density at radius 1 is 1.00 bits per heavy atom. The average molecular weight is 399 g/mol. The van der Waals surface area contributed by atoms with E-state index in [1.54, 1.807) is 31.2 Å². The van der Waals surface area contributed by atoms with Crippen LogP contribution in [0.1, 0.15) is 35.7 Å². The van der Waals surface area contributed by atoms with Crippen molar-refractivity contribution in [1.29, 1.82) is 0 Å². The number of para-hydroxylation sites is 1. The van der Waals surface area contributed by atoms with Crippen LogP contribution in [0, 0.1) is 0 Å². The Morgan fingerprint density at radius 2 is 1.68 bits per heavy atom. The molecule has 0 radical (unpaired) electrons. The quantitative estimate of drug-likeness (QED) is 0.735. The lowest BCUT2D eigenvalue weighted by Crippen LogP contribution is -2.55. The summed E-state index contributed by atoms with van der Waals surface area (Å²) in [4.78, 5) is 28.7. The van der Waals surface area contributed by atoms with Crippen molar-refractivity contribution in [2.45, 2.75) is 31.9 Å². The second-order valence-corrected chi connectivity index (χ2v) is 8.00. The highest BCUT2D eigenvalue weighted by Gasteiger charge is 2.42. The minimum absolute atomic E-state index is 0.00367. The molecule has 0 atom stereocenters. The first-order valence-electron chi connectivity index (χ1n) is 9.53. The minimum atomic E-state index is -0.463. The highest BCUT2D eigenvalue weighted by Crippen LogP contribution is 2.35. The number of hydrogen-bond donors (Lipinski definition) is 0. The average Bonchev–Trinajstić information content (AvgIpc) is 2.85. The van der Waals surface area contributed by atoms with E-state index in [1.165, 1.54) is 0 Å². The van der Waals surface area contributed by atoms with Crippen LogP contribution in [0.4, 0.5) is 0 Å². The van der Waals surface area contributed by atoms with E-state index in [0.717, 1.165) is 11.3 Å². The lowest BCUT2D eigenvalue weighted by molar-refractivity contribution is -0.132. The first kappa shape index (κ1) is 18.8. The molecular weight excluding hydrogens is 376 g/mol. The van der Waals surface area contributed by atoms with E-state index >= 15 is 0 Å². The number of benzene rings is 2. The molecule has 1 fully saturated rings. The van der Waals surface area contributed by atoms with Crippen molar-refractivity contribution in [2.75, 3.05) is 19.6 Å². The van der Waals surface area contributed by atoms with E-state index < -0.39 is 5.60 Å². The van der Waals surface area contributed by atoms with E-state index in [-0.39, 0.29) is 11.8 Å². The topological polar surface area (TPSA) is 49.9 Å². The maximum absolute atomic E-state index is 12.8. The van der Waals surface area contributed by atoms with Crippen molar-refractivity contribution >= 4 is 23.4 Å². The molecule has 146 valence electrons. The van der Waals surface area contributed by atoms with Crippen LogP contribution in [0.3, 0.4) is 0 Å².